The first-order valence-corrected chi connectivity index (χ1v) is 8.48. The summed E-state index contributed by atoms with van der Waals surface area (Å²) in [6, 6.07) is 26.6. The minimum Gasteiger partial charge on any atom is -0.493 e. The number of hydrogen-bond acceptors (Lipinski definition) is 3. The second kappa shape index (κ2) is 6.89. The van der Waals surface area contributed by atoms with Crippen molar-refractivity contribution in [2.24, 2.45) is 0 Å². The third-order valence-corrected chi connectivity index (χ3v) is 4.47. The number of pyridine rings is 1. The van der Waals surface area contributed by atoms with Crippen molar-refractivity contribution >= 4 is 10.8 Å². The van der Waals surface area contributed by atoms with Gasteiger partial charge in [0.15, 0.2) is 11.5 Å². The minimum atomic E-state index is 0.696. The zero-order chi connectivity index (χ0) is 17.9. The zero-order valence-electron chi connectivity index (χ0n) is 14.8. The maximum Gasteiger partial charge on any atom is 0.161 e. The molecule has 4 rings (SSSR count). The number of hydrogen-bond donors (Lipinski definition) is 0. The topological polar surface area (TPSA) is 31.4 Å². The van der Waals surface area contributed by atoms with Crippen molar-refractivity contribution in [3.63, 3.8) is 0 Å². The van der Waals surface area contributed by atoms with Crippen LogP contribution < -0.4 is 9.47 Å². The molecule has 0 unspecified atom stereocenters. The number of nitrogens with zero attached hydrogens (tertiary/aromatic N) is 1. The SMILES string of the molecule is COc1ccc(-c2cc3ccccc3c(-c3ccccc3)n2)cc1OC. The van der Waals surface area contributed by atoms with E-state index in [0.717, 1.165) is 33.3 Å². The third kappa shape index (κ3) is 2.88. The maximum absolute atomic E-state index is 5.45. The molecule has 4 aromatic rings. The molecule has 1 aromatic heterocycles. The molecule has 0 aliphatic carbocycles. The van der Waals surface area contributed by atoms with Crippen LogP contribution >= 0.6 is 0 Å². The summed E-state index contributed by atoms with van der Waals surface area (Å²) in [5.74, 6) is 1.40. The van der Waals surface area contributed by atoms with Crippen LogP contribution in [0.3, 0.4) is 0 Å². The van der Waals surface area contributed by atoms with Gasteiger partial charge in [-0.15, -0.1) is 0 Å². The predicted molar refractivity (Wildman–Crippen MR) is 106 cm³/mol. The summed E-state index contributed by atoms with van der Waals surface area (Å²) in [6.45, 7) is 0. The molecule has 0 atom stereocenters. The lowest BCUT2D eigenvalue weighted by molar-refractivity contribution is 0.355. The molecular weight excluding hydrogens is 322 g/mol. The van der Waals surface area contributed by atoms with Gasteiger partial charge >= 0.3 is 0 Å². The van der Waals surface area contributed by atoms with Gasteiger partial charge < -0.3 is 9.47 Å². The van der Waals surface area contributed by atoms with E-state index < -0.39 is 0 Å². The highest BCUT2D eigenvalue weighted by Gasteiger charge is 2.12. The molecule has 1 heterocycles. The van der Waals surface area contributed by atoms with Crippen LogP contribution in [0.25, 0.3) is 33.3 Å². The normalized spacial score (nSPS) is 10.7. The van der Waals surface area contributed by atoms with Crippen molar-refractivity contribution in [1.29, 1.82) is 0 Å². The number of benzene rings is 3. The van der Waals surface area contributed by atoms with Gasteiger partial charge in [-0.25, -0.2) is 4.98 Å². The van der Waals surface area contributed by atoms with Gasteiger partial charge in [-0.2, -0.15) is 0 Å². The van der Waals surface area contributed by atoms with E-state index in [0.29, 0.717) is 11.5 Å². The van der Waals surface area contributed by atoms with Gasteiger partial charge in [-0.3, -0.25) is 0 Å². The van der Waals surface area contributed by atoms with Crippen molar-refractivity contribution in [3.05, 3.63) is 78.9 Å². The van der Waals surface area contributed by atoms with E-state index in [4.69, 9.17) is 14.5 Å². The number of methoxy groups -OCH3 is 2. The predicted octanol–water partition coefficient (Wildman–Crippen LogP) is 5.59. The van der Waals surface area contributed by atoms with Gasteiger partial charge in [0, 0.05) is 16.5 Å². The Kier molecular flexibility index (Phi) is 4.28. The number of fused-ring (bicyclic) bond motifs is 1. The van der Waals surface area contributed by atoms with Gasteiger partial charge in [0.1, 0.15) is 0 Å². The summed E-state index contributed by atoms with van der Waals surface area (Å²) in [5.41, 5.74) is 3.98. The molecule has 0 spiro atoms. The van der Waals surface area contributed by atoms with Gasteiger partial charge in [0.2, 0.25) is 0 Å². The molecule has 0 radical (unpaired) electrons. The molecule has 0 amide bonds. The highest BCUT2D eigenvalue weighted by Crippen LogP contribution is 2.35. The van der Waals surface area contributed by atoms with Gasteiger partial charge in [-0.05, 0) is 29.7 Å². The summed E-state index contributed by atoms with van der Waals surface area (Å²) >= 11 is 0. The van der Waals surface area contributed by atoms with Crippen LogP contribution in [0.5, 0.6) is 11.5 Å². The van der Waals surface area contributed by atoms with Crippen molar-refractivity contribution in [2.75, 3.05) is 14.2 Å². The lowest BCUT2D eigenvalue weighted by Gasteiger charge is -2.12. The standard InChI is InChI=1S/C23H19NO2/c1-25-21-13-12-18(15-22(21)26-2)20-14-17-10-6-7-11-19(17)23(24-20)16-8-4-3-5-9-16/h3-15H,1-2H3. The molecule has 0 saturated carbocycles. The molecule has 26 heavy (non-hydrogen) atoms. The molecule has 0 aliphatic heterocycles. The van der Waals surface area contributed by atoms with Crippen molar-refractivity contribution in [1.82, 2.24) is 4.98 Å². The van der Waals surface area contributed by atoms with E-state index in [1.165, 1.54) is 0 Å². The Bertz CT molecular complexity index is 1060. The molecule has 0 aliphatic rings. The fraction of sp³-hybridized carbons (Fsp3) is 0.0870. The first-order chi connectivity index (χ1) is 12.8. The molecule has 3 nitrogen and oxygen atoms in total. The monoisotopic (exact) mass is 341 g/mol. The Morgan fingerprint density at radius 3 is 2.15 bits per heavy atom. The summed E-state index contributed by atoms with van der Waals surface area (Å²) in [6.07, 6.45) is 0. The highest BCUT2D eigenvalue weighted by atomic mass is 16.5. The smallest absolute Gasteiger partial charge is 0.161 e. The van der Waals surface area contributed by atoms with E-state index in [-0.39, 0.29) is 0 Å². The maximum atomic E-state index is 5.45. The molecule has 3 aromatic carbocycles. The molecule has 0 N–H and O–H groups in total. The number of aromatic nitrogens is 1. The van der Waals surface area contributed by atoms with Gasteiger partial charge in [0.25, 0.3) is 0 Å². The van der Waals surface area contributed by atoms with Crippen LogP contribution in [0.4, 0.5) is 0 Å². The number of ether oxygens (including phenoxy) is 2. The van der Waals surface area contributed by atoms with Crippen LogP contribution in [-0.4, -0.2) is 19.2 Å². The quantitative estimate of drug-likeness (QED) is 0.485. The van der Waals surface area contributed by atoms with Crippen molar-refractivity contribution in [3.8, 4) is 34.0 Å². The van der Waals surface area contributed by atoms with E-state index in [1.807, 2.05) is 42.5 Å². The molecule has 0 saturated heterocycles. The zero-order valence-corrected chi connectivity index (χ0v) is 14.8. The molecule has 128 valence electrons. The Morgan fingerprint density at radius 1 is 0.654 bits per heavy atom. The van der Waals surface area contributed by atoms with E-state index in [1.54, 1.807) is 14.2 Å². The van der Waals surface area contributed by atoms with Gasteiger partial charge in [-0.1, -0.05) is 54.6 Å². The molecule has 0 bridgehead atoms. The van der Waals surface area contributed by atoms with E-state index in [9.17, 15) is 0 Å². The third-order valence-electron chi connectivity index (χ3n) is 4.47. The lowest BCUT2D eigenvalue weighted by atomic mass is 10.0. The highest BCUT2D eigenvalue weighted by molar-refractivity contribution is 5.97. The van der Waals surface area contributed by atoms with Crippen molar-refractivity contribution < 1.29 is 9.47 Å². The fourth-order valence-electron chi connectivity index (χ4n) is 3.16. The van der Waals surface area contributed by atoms with Crippen LogP contribution in [0.1, 0.15) is 0 Å². The van der Waals surface area contributed by atoms with Crippen LogP contribution in [0.15, 0.2) is 78.9 Å². The van der Waals surface area contributed by atoms with Crippen LogP contribution in [0, 0.1) is 0 Å². The van der Waals surface area contributed by atoms with E-state index >= 15 is 0 Å². The molecule has 3 heteroatoms. The number of rotatable bonds is 4. The summed E-state index contributed by atoms with van der Waals surface area (Å²) in [5, 5.41) is 2.30. The average molecular weight is 341 g/mol. The van der Waals surface area contributed by atoms with Gasteiger partial charge in [0.05, 0.1) is 25.6 Å². The Labute approximate surface area is 152 Å². The second-order valence-electron chi connectivity index (χ2n) is 6.01. The summed E-state index contributed by atoms with van der Waals surface area (Å²) < 4.78 is 10.8. The molecular formula is C23H19NO2. The first kappa shape index (κ1) is 16.2. The Hall–Kier alpha value is -3.33. The molecule has 0 fully saturated rings. The minimum absolute atomic E-state index is 0.696. The summed E-state index contributed by atoms with van der Waals surface area (Å²) in [7, 11) is 3.28. The first-order valence-electron chi connectivity index (χ1n) is 8.48. The fourth-order valence-corrected chi connectivity index (χ4v) is 3.16. The van der Waals surface area contributed by atoms with Crippen LogP contribution in [-0.2, 0) is 0 Å². The lowest BCUT2D eigenvalue weighted by Crippen LogP contribution is -1.93. The average Bonchev–Trinajstić information content (AvgIpc) is 2.73. The summed E-state index contributed by atoms with van der Waals surface area (Å²) in [4.78, 5) is 4.98. The Balaban J connectivity index is 1.94. The largest absolute Gasteiger partial charge is 0.493 e. The Morgan fingerprint density at radius 2 is 1.38 bits per heavy atom. The van der Waals surface area contributed by atoms with Crippen LogP contribution in [0.2, 0.25) is 0 Å². The second-order valence-corrected chi connectivity index (χ2v) is 6.01. The van der Waals surface area contributed by atoms with Crippen molar-refractivity contribution in [2.45, 2.75) is 0 Å². The van der Waals surface area contributed by atoms with E-state index in [2.05, 4.69) is 36.4 Å².